The van der Waals surface area contributed by atoms with E-state index in [9.17, 15) is 4.79 Å². The number of amides is 1. The van der Waals surface area contributed by atoms with Gasteiger partial charge in [0.05, 0.1) is 37.1 Å². The maximum atomic E-state index is 13.7. The van der Waals surface area contributed by atoms with Crippen LogP contribution in [0, 0.1) is 0 Å². The number of ether oxygens (including phenoxy) is 3. The molecule has 2 heterocycles. The summed E-state index contributed by atoms with van der Waals surface area (Å²) < 4.78 is 17.7. The number of rotatable bonds is 7. The molecule has 0 N–H and O–H groups in total. The van der Waals surface area contributed by atoms with Gasteiger partial charge in [-0.05, 0) is 42.5 Å². The van der Waals surface area contributed by atoms with Crippen molar-refractivity contribution in [2.75, 3.05) is 32.3 Å². The molecule has 0 spiro atoms. The van der Waals surface area contributed by atoms with Gasteiger partial charge >= 0.3 is 0 Å². The van der Waals surface area contributed by atoms with Crippen LogP contribution in [-0.4, -0.2) is 44.4 Å². The molecule has 1 amide bonds. The molecule has 1 aromatic heterocycles. The molecule has 7 heteroatoms. The predicted octanol–water partition coefficient (Wildman–Crippen LogP) is 5.26. The average molecular weight is 441 g/mol. The lowest BCUT2D eigenvalue weighted by Gasteiger charge is -2.23. The fraction of sp³-hybridized carbons (Fsp3) is 0.417. The van der Waals surface area contributed by atoms with Crippen LogP contribution in [0.4, 0.5) is 5.13 Å². The Kier molecular flexibility index (Phi) is 6.43. The molecule has 1 atom stereocenters. The molecule has 0 radical (unpaired) electrons. The predicted molar refractivity (Wildman–Crippen MR) is 124 cm³/mol. The van der Waals surface area contributed by atoms with Crippen molar-refractivity contribution in [1.82, 2.24) is 4.98 Å². The van der Waals surface area contributed by atoms with Gasteiger partial charge in [0.15, 0.2) is 5.13 Å². The summed E-state index contributed by atoms with van der Waals surface area (Å²) in [6.07, 6.45) is 1.96. The number of fused-ring (bicyclic) bond motifs is 1. The van der Waals surface area contributed by atoms with Crippen molar-refractivity contribution < 1.29 is 19.0 Å². The van der Waals surface area contributed by atoms with Gasteiger partial charge in [-0.1, -0.05) is 37.3 Å². The second-order valence-electron chi connectivity index (χ2n) is 8.00. The number of hydrogen-bond acceptors (Lipinski definition) is 6. The Morgan fingerprint density at radius 3 is 2.58 bits per heavy atom. The van der Waals surface area contributed by atoms with Crippen LogP contribution in [0.15, 0.2) is 36.4 Å². The van der Waals surface area contributed by atoms with Crippen molar-refractivity contribution in [2.45, 2.75) is 38.7 Å². The Morgan fingerprint density at radius 2 is 1.97 bits per heavy atom. The first-order chi connectivity index (χ1) is 15.0. The third kappa shape index (κ3) is 4.52. The van der Waals surface area contributed by atoms with Crippen LogP contribution in [0.2, 0.25) is 0 Å². The van der Waals surface area contributed by atoms with Crippen molar-refractivity contribution in [3.63, 3.8) is 0 Å². The van der Waals surface area contributed by atoms with Crippen LogP contribution in [0.25, 0.3) is 10.2 Å². The summed E-state index contributed by atoms with van der Waals surface area (Å²) in [4.78, 5) is 20.4. The summed E-state index contributed by atoms with van der Waals surface area (Å²) in [6, 6.07) is 11.5. The monoisotopic (exact) mass is 440 g/mol. The maximum Gasteiger partial charge on any atom is 0.260 e. The van der Waals surface area contributed by atoms with Crippen LogP contribution in [0.5, 0.6) is 11.5 Å². The SMILES string of the molecule is COc1cc(OC)cc(C(=O)N(CC2CCCO2)c2nc3c(C(C)C)cccc3s2)c1. The molecular formula is C24H28N2O4S. The standard InChI is InChI=1S/C24H28N2O4S/c1-15(2)20-8-5-9-21-22(20)25-24(31-21)26(14-17-7-6-10-30-17)23(27)16-11-18(28-3)13-19(12-16)29-4/h5,8-9,11-13,15,17H,6-7,10,14H2,1-4H3. The van der Waals surface area contributed by atoms with E-state index in [1.165, 1.54) is 16.9 Å². The van der Waals surface area contributed by atoms with Gasteiger partial charge in [0, 0.05) is 18.2 Å². The second-order valence-corrected chi connectivity index (χ2v) is 9.01. The number of carbonyl (C=O) groups is 1. The molecule has 1 aliphatic heterocycles. The molecule has 0 saturated carbocycles. The Hall–Kier alpha value is -2.64. The third-order valence-electron chi connectivity index (χ3n) is 5.55. The minimum atomic E-state index is -0.141. The maximum absolute atomic E-state index is 13.7. The molecule has 31 heavy (non-hydrogen) atoms. The molecule has 0 bridgehead atoms. The molecule has 2 aromatic carbocycles. The third-order valence-corrected chi connectivity index (χ3v) is 6.59. The zero-order valence-electron chi connectivity index (χ0n) is 18.4. The highest BCUT2D eigenvalue weighted by molar-refractivity contribution is 7.22. The Bertz CT molecular complexity index is 1050. The van der Waals surface area contributed by atoms with Crippen molar-refractivity contribution in [3.8, 4) is 11.5 Å². The highest BCUT2D eigenvalue weighted by Gasteiger charge is 2.28. The van der Waals surface area contributed by atoms with Gasteiger partial charge in [0.1, 0.15) is 11.5 Å². The molecule has 3 aromatic rings. The molecule has 1 aliphatic rings. The van der Waals surface area contributed by atoms with Crippen LogP contribution in [-0.2, 0) is 4.74 Å². The highest BCUT2D eigenvalue weighted by atomic mass is 32.1. The Balaban J connectivity index is 1.77. The molecule has 4 rings (SSSR count). The van der Waals surface area contributed by atoms with Gasteiger partial charge in [-0.15, -0.1) is 0 Å². The van der Waals surface area contributed by atoms with Crippen molar-refractivity contribution in [3.05, 3.63) is 47.5 Å². The Morgan fingerprint density at radius 1 is 1.23 bits per heavy atom. The molecular weight excluding hydrogens is 412 g/mol. The molecule has 164 valence electrons. The smallest absolute Gasteiger partial charge is 0.260 e. The van der Waals surface area contributed by atoms with Gasteiger partial charge in [0.25, 0.3) is 5.91 Å². The topological polar surface area (TPSA) is 60.9 Å². The van der Waals surface area contributed by atoms with Gasteiger partial charge in [-0.25, -0.2) is 4.98 Å². The van der Waals surface area contributed by atoms with Crippen molar-refractivity contribution in [1.29, 1.82) is 0 Å². The summed E-state index contributed by atoms with van der Waals surface area (Å²) in [5, 5.41) is 0.686. The van der Waals surface area contributed by atoms with E-state index >= 15 is 0 Å². The lowest BCUT2D eigenvalue weighted by molar-refractivity contribution is 0.0917. The summed E-state index contributed by atoms with van der Waals surface area (Å²) in [5.41, 5.74) is 2.65. The van der Waals surface area contributed by atoms with E-state index in [1.807, 2.05) is 0 Å². The van der Waals surface area contributed by atoms with E-state index in [2.05, 4.69) is 32.0 Å². The summed E-state index contributed by atoms with van der Waals surface area (Å²) in [5.74, 6) is 1.36. The van der Waals surface area contributed by atoms with Gasteiger partial charge in [-0.3, -0.25) is 9.69 Å². The number of nitrogens with zero attached hydrogens (tertiary/aromatic N) is 2. The molecule has 1 fully saturated rings. The van der Waals surface area contributed by atoms with Crippen LogP contribution in [0.3, 0.4) is 0 Å². The molecule has 0 aliphatic carbocycles. The normalized spacial score (nSPS) is 16.1. The molecule has 6 nitrogen and oxygen atoms in total. The van der Waals surface area contributed by atoms with E-state index in [1.54, 1.807) is 37.3 Å². The number of anilines is 1. The van der Waals surface area contributed by atoms with Gasteiger partial charge < -0.3 is 14.2 Å². The molecule has 1 unspecified atom stereocenters. The summed E-state index contributed by atoms with van der Waals surface area (Å²) in [7, 11) is 3.16. The van der Waals surface area contributed by atoms with Gasteiger partial charge in [-0.2, -0.15) is 0 Å². The Labute approximate surface area is 186 Å². The summed E-state index contributed by atoms with van der Waals surface area (Å²) >= 11 is 1.54. The van der Waals surface area contributed by atoms with E-state index in [4.69, 9.17) is 19.2 Å². The highest BCUT2D eigenvalue weighted by Crippen LogP contribution is 2.35. The largest absolute Gasteiger partial charge is 0.497 e. The lowest BCUT2D eigenvalue weighted by Crippen LogP contribution is -2.37. The quantitative estimate of drug-likeness (QED) is 0.501. The van der Waals surface area contributed by atoms with Crippen LogP contribution >= 0.6 is 11.3 Å². The number of benzene rings is 2. The number of methoxy groups -OCH3 is 2. The zero-order valence-corrected chi connectivity index (χ0v) is 19.2. The van der Waals surface area contributed by atoms with Crippen molar-refractivity contribution in [2.24, 2.45) is 0 Å². The fourth-order valence-corrected chi connectivity index (χ4v) is 4.87. The van der Waals surface area contributed by atoms with Crippen molar-refractivity contribution >= 4 is 32.6 Å². The van der Waals surface area contributed by atoms with Gasteiger partial charge in [0.2, 0.25) is 0 Å². The first kappa shape index (κ1) is 21.6. The average Bonchev–Trinajstić information content (AvgIpc) is 3.45. The fourth-order valence-electron chi connectivity index (χ4n) is 3.87. The number of carbonyl (C=O) groups excluding carboxylic acids is 1. The summed E-state index contributed by atoms with van der Waals surface area (Å²) in [6.45, 7) is 5.52. The van der Waals surface area contributed by atoms with E-state index in [-0.39, 0.29) is 12.0 Å². The van der Waals surface area contributed by atoms with E-state index < -0.39 is 0 Å². The number of aromatic nitrogens is 1. The van der Waals surface area contributed by atoms with E-state index in [0.29, 0.717) is 34.7 Å². The number of hydrogen-bond donors (Lipinski definition) is 0. The number of para-hydroxylation sites is 1. The van der Waals surface area contributed by atoms with Crippen LogP contribution < -0.4 is 14.4 Å². The lowest BCUT2D eigenvalue weighted by atomic mass is 10.0. The van der Waals surface area contributed by atoms with Crippen LogP contribution in [0.1, 0.15) is 48.5 Å². The number of thiazole rings is 1. The minimum Gasteiger partial charge on any atom is -0.497 e. The van der Waals surface area contributed by atoms with E-state index in [0.717, 1.165) is 29.7 Å². The molecule has 1 saturated heterocycles. The first-order valence-electron chi connectivity index (χ1n) is 10.6. The zero-order chi connectivity index (χ0) is 22.0. The minimum absolute atomic E-state index is 0.00744. The second kappa shape index (κ2) is 9.24. The first-order valence-corrected chi connectivity index (χ1v) is 11.4.